The molecule has 1 fully saturated rings. The molecule has 128 valence electrons. The summed E-state index contributed by atoms with van der Waals surface area (Å²) in [5, 5.41) is 19.5. The highest BCUT2D eigenvalue weighted by atomic mass is 16.7. The third-order valence-electron chi connectivity index (χ3n) is 3.46. The third-order valence-corrected chi connectivity index (χ3v) is 3.46. The SMILES string of the molecule is CO[C@@H]1[C@@H](Oc2ccc(N)cc2)O[C@H](CO)[C@@H](O)[C@@H]1OC(N)=O. The van der Waals surface area contributed by atoms with Gasteiger partial charge in [0.2, 0.25) is 6.29 Å². The van der Waals surface area contributed by atoms with Crippen molar-refractivity contribution in [2.75, 3.05) is 19.5 Å². The molecule has 2 rings (SSSR count). The largest absolute Gasteiger partial charge is 0.462 e. The molecule has 9 heteroatoms. The summed E-state index contributed by atoms with van der Waals surface area (Å²) in [4.78, 5) is 11.0. The molecule has 1 aromatic rings. The highest BCUT2D eigenvalue weighted by molar-refractivity contribution is 5.65. The predicted octanol–water partition coefficient (Wildman–Crippen LogP) is -0.795. The maximum absolute atomic E-state index is 11.0. The van der Waals surface area contributed by atoms with E-state index >= 15 is 0 Å². The van der Waals surface area contributed by atoms with E-state index in [-0.39, 0.29) is 0 Å². The summed E-state index contributed by atoms with van der Waals surface area (Å²) in [6, 6.07) is 6.51. The maximum atomic E-state index is 11.0. The number of ether oxygens (including phenoxy) is 4. The first-order valence-corrected chi connectivity index (χ1v) is 6.91. The zero-order valence-corrected chi connectivity index (χ0v) is 12.5. The molecular weight excluding hydrogens is 308 g/mol. The lowest BCUT2D eigenvalue weighted by atomic mass is 9.99. The molecular formula is C14H20N2O7. The summed E-state index contributed by atoms with van der Waals surface area (Å²) < 4.78 is 21.3. The normalized spacial score (nSPS) is 30.7. The quantitative estimate of drug-likeness (QED) is 0.514. The van der Waals surface area contributed by atoms with Gasteiger partial charge in [-0.3, -0.25) is 0 Å². The van der Waals surface area contributed by atoms with Crippen LogP contribution in [0.25, 0.3) is 0 Å². The molecule has 23 heavy (non-hydrogen) atoms. The second kappa shape index (κ2) is 7.47. The van der Waals surface area contributed by atoms with Gasteiger partial charge in [0, 0.05) is 12.8 Å². The van der Waals surface area contributed by atoms with Crippen LogP contribution in [-0.4, -0.2) is 60.7 Å². The highest BCUT2D eigenvalue weighted by Crippen LogP contribution is 2.28. The number of methoxy groups -OCH3 is 1. The van der Waals surface area contributed by atoms with Gasteiger partial charge in [0.25, 0.3) is 0 Å². The minimum absolute atomic E-state index is 0.428. The summed E-state index contributed by atoms with van der Waals surface area (Å²) in [5.41, 5.74) is 11.2. The summed E-state index contributed by atoms with van der Waals surface area (Å²) >= 11 is 0. The average molecular weight is 328 g/mol. The fourth-order valence-electron chi connectivity index (χ4n) is 2.33. The van der Waals surface area contributed by atoms with Gasteiger partial charge in [-0.25, -0.2) is 4.79 Å². The number of rotatable bonds is 5. The summed E-state index contributed by atoms with van der Waals surface area (Å²) in [7, 11) is 1.34. The molecule has 0 bridgehead atoms. The van der Waals surface area contributed by atoms with Crippen molar-refractivity contribution in [3.8, 4) is 5.75 Å². The van der Waals surface area contributed by atoms with Gasteiger partial charge < -0.3 is 40.6 Å². The molecule has 0 aliphatic carbocycles. The Morgan fingerprint density at radius 3 is 2.48 bits per heavy atom. The van der Waals surface area contributed by atoms with E-state index in [4.69, 9.17) is 30.4 Å². The lowest BCUT2D eigenvalue weighted by Crippen LogP contribution is -2.62. The van der Waals surface area contributed by atoms with Crippen LogP contribution in [0.15, 0.2) is 24.3 Å². The van der Waals surface area contributed by atoms with Gasteiger partial charge in [0.05, 0.1) is 6.61 Å². The monoisotopic (exact) mass is 328 g/mol. The fraction of sp³-hybridized carbons (Fsp3) is 0.500. The zero-order valence-electron chi connectivity index (χ0n) is 12.5. The van der Waals surface area contributed by atoms with Crippen LogP contribution in [0.4, 0.5) is 10.5 Å². The Balaban J connectivity index is 2.21. The van der Waals surface area contributed by atoms with E-state index in [2.05, 4.69) is 0 Å². The van der Waals surface area contributed by atoms with Gasteiger partial charge in [0.1, 0.15) is 18.0 Å². The maximum Gasteiger partial charge on any atom is 0.404 e. The number of nitrogens with two attached hydrogens (primary N) is 2. The lowest BCUT2D eigenvalue weighted by Gasteiger charge is -2.42. The van der Waals surface area contributed by atoms with Crippen LogP contribution in [0.3, 0.4) is 0 Å². The summed E-state index contributed by atoms with van der Waals surface area (Å²) in [5.74, 6) is 0.428. The third kappa shape index (κ3) is 4.02. The molecule has 0 aromatic heterocycles. The molecule has 0 unspecified atom stereocenters. The molecule has 1 aromatic carbocycles. The minimum atomic E-state index is -1.32. The first-order valence-electron chi connectivity index (χ1n) is 6.91. The van der Waals surface area contributed by atoms with Crippen molar-refractivity contribution in [3.63, 3.8) is 0 Å². The van der Waals surface area contributed by atoms with Crippen LogP contribution in [0, 0.1) is 0 Å². The smallest absolute Gasteiger partial charge is 0.404 e. The minimum Gasteiger partial charge on any atom is -0.462 e. The van der Waals surface area contributed by atoms with E-state index in [0.29, 0.717) is 11.4 Å². The van der Waals surface area contributed by atoms with Crippen LogP contribution in [0.5, 0.6) is 5.75 Å². The van der Waals surface area contributed by atoms with E-state index in [0.717, 1.165) is 0 Å². The summed E-state index contributed by atoms with van der Waals surface area (Å²) in [6.45, 7) is -0.502. The van der Waals surface area contributed by atoms with Crippen molar-refractivity contribution >= 4 is 11.8 Å². The Hall–Kier alpha value is -2.07. The zero-order chi connectivity index (χ0) is 17.0. The molecule has 1 aliphatic heterocycles. The molecule has 1 heterocycles. The van der Waals surface area contributed by atoms with Gasteiger partial charge >= 0.3 is 6.09 Å². The van der Waals surface area contributed by atoms with E-state index in [1.807, 2.05) is 0 Å². The molecule has 0 radical (unpaired) electrons. The van der Waals surface area contributed by atoms with Gasteiger partial charge in [-0.15, -0.1) is 0 Å². The second-order valence-electron chi connectivity index (χ2n) is 5.00. The Labute approximate surface area is 132 Å². The molecule has 1 amide bonds. The van der Waals surface area contributed by atoms with Crippen LogP contribution in [-0.2, 0) is 14.2 Å². The first kappa shape index (κ1) is 17.3. The van der Waals surface area contributed by atoms with Gasteiger partial charge in [-0.1, -0.05) is 0 Å². The van der Waals surface area contributed by atoms with Crippen molar-refractivity contribution in [2.24, 2.45) is 5.73 Å². The van der Waals surface area contributed by atoms with Gasteiger partial charge in [0.15, 0.2) is 12.2 Å². The Morgan fingerprint density at radius 1 is 1.30 bits per heavy atom. The number of anilines is 1. The Morgan fingerprint density at radius 2 is 1.96 bits per heavy atom. The van der Waals surface area contributed by atoms with Crippen LogP contribution < -0.4 is 16.2 Å². The first-order chi connectivity index (χ1) is 11.0. The lowest BCUT2D eigenvalue weighted by molar-refractivity contribution is -0.281. The number of primary amides is 1. The van der Waals surface area contributed by atoms with E-state index in [9.17, 15) is 15.0 Å². The van der Waals surface area contributed by atoms with Gasteiger partial charge in [-0.05, 0) is 24.3 Å². The average Bonchev–Trinajstić information content (AvgIpc) is 2.52. The number of aliphatic hydroxyl groups excluding tert-OH is 2. The number of nitrogen functional groups attached to an aromatic ring is 1. The van der Waals surface area contributed by atoms with Crippen LogP contribution in [0.1, 0.15) is 0 Å². The van der Waals surface area contributed by atoms with E-state index < -0.39 is 43.4 Å². The van der Waals surface area contributed by atoms with Gasteiger partial charge in [-0.2, -0.15) is 0 Å². The predicted molar refractivity (Wildman–Crippen MR) is 78.5 cm³/mol. The number of aliphatic hydroxyl groups is 2. The fourth-order valence-corrected chi connectivity index (χ4v) is 2.33. The molecule has 1 saturated heterocycles. The van der Waals surface area contributed by atoms with Crippen molar-refractivity contribution in [1.29, 1.82) is 0 Å². The number of hydrogen-bond acceptors (Lipinski definition) is 8. The van der Waals surface area contributed by atoms with Crippen molar-refractivity contribution in [1.82, 2.24) is 0 Å². The highest BCUT2D eigenvalue weighted by Gasteiger charge is 2.48. The number of carbonyl (C=O) groups is 1. The van der Waals surface area contributed by atoms with Crippen LogP contribution >= 0.6 is 0 Å². The molecule has 6 N–H and O–H groups in total. The standard InChI is InChI=1S/C14H20N2O7/c1-20-12-11(23-14(16)19)10(18)9(6-17)22-13(12)21-8-4-2-7(15)3-5-8/h2-5,9-13,17-18H,6,15H2,1H3,(H2,16,19)/t9-,10-,11+,12+,13+/m1/s1. The molecule has 0 saturated carbocycles. The molecule has 1 aliphatic rings. The van der Waals surface area contributed by atoms with E-state index in [1.165, 1.54) is 7.11 Å². The molecule has 5 atom stereocenters. The number of amides is 1. The Bertz CT molecular complexity index is 524. The molecule has 0 spiro atoms. The molecule has 9 nitrogen and oxygen atoms in total. The number of benzene rings is 1. The number of hydrogen-bond donors (Lipinski definition) is 4. The van der Waals surface area contributed by atoms with E-state index in [1.54, 1.807) is 24.3 Å². The Kier molecular flexibility index (Phi) is 5.61. The van der Waals surface area contributed by atoms with Crippen LogP contribution in [0.2, 0.25) is 0 Å². The number of carbonyl (C=O) groups excluding carboxylic acids is 1. The van der Waals surface area contributed by atoms with Crippen molar-refractivity contribution in [3.05, 3.63) is 24.3 Å². The summed E-state index contributed by atoms with van der Waals surface area (Å²) in [6.07, 6.45) is -6.55. The second-order valence-corrected chi connectivity index (χ2v) is 5.00. The topological polar surface area (TPSA) is 146 Å². The van der Waals surface area contributed by atoms with Crippen molar-refractivity contribution < 1.29 is 34.0 Å². The van der Waals surface area contributed by atoms with Crippen molar-refractivity contribution in [2.45, 2.75) is 30.7 Å².